The number of hydrogen-bond donors (Lipinski definition) is 1. The molecule has 0 unspecified atom stereocenters. The highest BCUT2D eigenvalue weighted by Gasteiger charge is 2.17. The zero-order valence-corrected chi connectivity index (χ0v) is 10.3. The largest absolute Gasteiger partial charge is 0.462 e. The molecule has 0 atom stereocenters. The van der Waals surface area contributed by atoms with Gasteiger partial charge < -0.3 is 10.5 Å². The van der Waals surface area contributed by atoms with Crippen LogP contribution in [0.5, 0.6) is 0 Å². The minimum Gasteiger partial charge on any atom is -0.462 e. The molecular formula is C12H10ClFN2O2. The maximum Gasteiger partial charge on any atom is 0.341 e. The van der Waals surface area contributed by atoms with Gasteiger partial charge >= 0.3 is 5.97 Å². The molecule has 0 aliphatic rings. The van der Waals surface area contributed by atoms with Gasteiger partial charge in [-0.1, -0.05) is 11.6 Å². The van der Waals surface area contributed by atoms with Gasteiger partial charge in [-0.25, -0.2) is 9.18 Å². The number of esters is 1. The summed E-state index contributed by atoms with van der Waals surface area (Å²) in [7, 11) is 0. The van der Waals surface area contributed by atoms with Gasteiger partial charge in [0, 0.05) is 11.6 Å². The minimum absolute atomic E-state index is 0.0352. The quantitative estimate of drug-likeness (QED) is 0.851. The molecule has 0 fully saturated rings. The van der Waals surface area contributed by atoms with Crippen LogP contribution in [0.15, 0.2) is 18.3 Å². The molecule has 0 radical (unpaired) electrons. The topological polar surface area (TPSA) is 65.2 Å². The molecule has 0 aliphatic heterocycles. The zero-order valence-electron chi connectivity index (χ0n) is 9.54. The normalized spacial score (nSPS) is 10.6. The number of carbonyl (C=O) groups excluding carboxylic acids is 1. The number of nitrogens with two attached hydrogens (primary N) is 1. The summed E-state index contributed by atoms with van der Waals surface area (Å²) in [5.74, 6) is -1.15. The molecule has 0 saturated heterocycles. The summed E-state index contributed by atoms with van der Waals surface area (Å²) in [5.41, 5.74) is 6.02. The molecule has 0 aliphatic carbocycles. The Kier molecular flexibility index (Phi) is 3.34. The van der Waals surface area contributed by atoms with Crippen LogP contribution in [0.1, 0.15) is 17.3 Å². The molecule has 94 valence electrons. The van der Waals surface area contributed by atoms with Crippen LogP contribution in [-0.4, -0.2) is 17.6 Å². The highest BCUT2D eigenvalue weighted by atomic mass is 35.5. The number of fused-ring (bicyclic) bond motifs is 1. The highest BCUT2D eigenvalue weighted by Crippen LogP contribution is 2.31. The van der Waals surface area contributed by atoms with E-state index in [1.54, 1.807) is 6.92 Å². The highest BCUT2D eigenvalue weighted by molar-refractivity contribution is 6.36. The van der Waals surface area contributed by atoms with E-state index in [1.165, 1.54) is 18.3 Å². The Hall–Kier alpha value is -1.88. The van der Waals surface area contributed by atoms with Crippen molar-refractivity contribution in [3.63, 3.8) is 0 Å². The van der Waals surface area contributed by atoms with Crippen molar-refractivity contribution in [2.75, 3.05) is 12.3 Å². The van der Waals surface area contributed by atoms with Crippen LogP contribution in [-0.2, 0) is 4.74 Å². The van der Waals surface area contributed by atoms with Crippen molar-refractivity contribution in [1.82, 2.24) is 4.98 Å². The molecule has 2 N–H and O–H groups in total. The summed E-state index contributed by atoms with van der Waals surface area (Å²) in [4.78, 5) is 15.5. The average molecular weight is 269 g/mol. The van der Waals surface area contributed by atoms with E-state index in [2.05, 4.69) is 4.98 Å². The predicted octanol–water partition coefficient (Wildman–Crippen LogP) is 2.79. The third-order valence-corrected chi connectivity index (χ3v) is 2.77. The van der Waals surface area contributed by atoms with Gasteiger partial charge in [0.05, 0.1) is 17.3 Å². The van der Waals surface area contributed by atoms with Crippen molar-refractivity contribution in [2.24, 2.45) is 0 Å². The van der Waals surface area contributed by atoms with Gasteiger partial charge in [-0.05, 0) is 19.1 Å². The number of carbonyl (C=O) groups is 1. The summed E-state index contributed by atoms with van der Waals surface area (Å²) >= 11 is 5.95. The van der Waals surface area contributed by atoms with E-state index in [4.69, 9.17) is 22.1 Å². The molecule has 18 heavy (non-hydrogen) atoms. The smallest absolute Gasteiger partial charge is 0.341 e. The molecule has 4 nitrogen and oxygen atoms in total. The van der Waals surface area contributed by atoms with Gasteiger partial charge in [-0.15, -0.1) is 0 Å². The van der Waals surface area contributed by atoms with Crippen LogP contribution in [0.3, 0.4) is 0 Å². The van der Waals surface area contributed by atoms with Crippen LogP contribution in [0.4, 0.5) is 10.1 Å². The number of ether oxygens (including phenoxy) is 1. The number of aromatic nitrogens is 1. The van der Waals surface area contributed by atoms with Gasteiger partial charge in [-0.3, -0.25) is 4.98 Å². The molecule has 0 amide bonds. The molecule has 0 saturated carbocycles. The van der Waals surface area contributed by atoms with Crippen molar-refractivity contribution < 1.29 is 13.9 Å². The Labute approximate surface area is 108 Å². The second-order valence-corrected chi connectivity index (χ2v) is 3.97. The summed E-state index contributed by atoms with van der Waals surface area (Å²) in [6.07, 6.45) is 1.19. The lowest BCUT2D eigenvalue weighted by Crippen LogP contribution is -2.09. The monoisotopic (exact) mass is 268 g/mol. The van der Waals surface area contributed by atoms with Crippen LogP contribution in [0.25, 0.3) is 10.9 Å². The molecular weight excluding hydrogens is 259 g/mol. The Balaban J connectivity index is 2.71. The minimum atomic E-state index is -0.607. The number of halogens is 2. The lowest BCUT2D eigenvalue weighted by Gasteiger charge is -2.09. The molecule has 2 rings (SSSR count). The lowest BCUT2D eigenvalue weighted by molar-refractivity contribution is 0.0527. The van der Waals surface area contributed by atoms with Gasteiger partial charge in [0.25, 0.3) is 0 Å². The molecule has 1 heterocycles. The fraction of sp³-hybridized carbons (Fsp3) is 0.167. The van der Waals surface area contributed by atoms with Crippen molar-refractivity contribution >= 4 is 34.2 Å². The van der Waals surface area contributed by atoms with Gasteiger partial charge in [0.1, 0.15) is 16.9 Å². The van der Waals surface area contributed by atoms with Crippen LogP contribution < -0.4 is 5.73 Å². The number of benzene rings is 1. The third kappa shape index (κ3) is 1.97. The second kappa shape index (κ2) is 4.78. The van der Waals surface area contributed by atoms with Crippen LogP contribution >= 0.6 is 11.6 Å². The SMILES string of the molecule is CCOC(=O)c1cnc2c(F)ccc(Cl)c2c1N. The summed E-state index contributed by atoms with van der Waals surface area (Å²) in [5, 5.41) is 0.463. The maximum absolute atomic E-state index is 13.5. The standard InChI is InChI=1S/C12H10ClFN2O2/c1-2-18-12(17)6-5-16-11-8(14)4-3-7(13)9(11)10(6)15/h3-5H,2H2,1H3,(H2,15,16). The summed E-state index contributed by atoms with van der Waals surface area (Å²) in [6.45, 7) is 1.89. The molecule has 0 bridgehead atoms. The van der Waals surface area contributed by atoms with E-state index in [0.717, 1.165) is 0 Å². The van der Waals surface area contributed by atoms with E-state index in [9.17, 15) is 9.18 Å². The first-order chi connectivity index (χ1) is 8.56. The Morgan fingerprint density at radius 2 is 2.28 bits per heavy atom. The number of hydrogen-bond acceptors (Lipinski definition) is 4. The fourth-order valence-electron chi connectivity index (χ4n) is 1.63. The Morgan fingerprint density at radius 1 is 1.56 bits per heavy atom. The summed E-state index contributed by atoms with van der Waals surface area (Å²) < 4.78 is 18.4. The first-order valence-electron chi connectivity index (χ1n) is 5.25. The summed E-state index contributed by atoms with van der Waals surface area (Å²) in [6, 6.07) is 2.56. The third-order valence-electron chi connectivity index (χ3n) is 2.46. The van der Waals surface area contributed by atoms with Gasteiger partial charge in [-0.2, -0.15) is 0 Å². The van der Waals surface area contributed by atoms with E-state index in [0.29, 0.717) is 0 Å². The predicted molar refractivity (Wildman–Crippen MR) is 67.1 cm³/mol. The molecule has 1 aromatic heterocycles. The first-order valence-corrected chi connectivity index (χ1v) is 5.63. The lowest BCUT2D eigenvalue weighted by atomic mass is 10.1. The number of anilines is 1. The van der Waals surface area contributed by atoms with E-state index >= 15 is 0 Å². The fourth-order valence-corrected chi connectivity index (χ4v) is 1.88. The Morgan fingerprint density at radius 3 is 2.94 bits per heavy atom. The number of nitrogens with zero attached hydrogens (tertiary/aromatic N) is 1. The number of pyridine rings is 1. The Bertz CT molecular complexity index is 631. The van der Waals surface area contributed by atoms with Crippen molar-refractivity contribution in [3.05, 3.63) is 34.7 Å². The molecule has 1 aromatic carbocycles. The van der Waals surface area contributed by atoms with Crippen molar-refractivity contribution in [3.8, 4) is 0 Å². The number of rotatable bonds is 2. The second-order valence-electron chi connectivity index (χ2n) is 3.56. The first kappa shape index (κ1) is 12.6. The van der Waals surface area contributed by atoms with Crippen LogP contribution in [0.2, 0.25) is 5.02 Å². The average Bonchev–Trinajstić information content (AvgIpc) is 2.34. The van der Waals surface area contributed by atoms with E-state index < -0.39 is 11.8 Å². The van der Waals surface area contributed by atoms with E-state index in [1.807, 2.05) is 0 Å². The van der Waals surface area contributed by atoms with Crippen LogP contribution in [0, 0.1) is 5.82 Å². The molecule has 0 spiro atoms. The molecule has 2 aromatic rings. The van der Waals surface area contributed by atoms with E-state index in [-0.39, 0.29) is 33.8 Å². The van der Waals surface area contributed by atoms with Crippen molar-refractivity contribution in [2.45, 2.75) is 6.92 Å². The maximum atomic E-state index is 13.5. The molecule has 6 heteroatoms. The number of nitrogen functional groups attached to an aromatic ring is 1. The van der Waals surface area contributed by atoms with Crippen molar-refractivity contribution in [1.29, 1.82) is 0 Å². The zero-order chi connectivity index (χ0) is 13.3. The van der Waals surface area contributed by atoms with Gasteiger partial charge in [0.2, 0.25) is 0 Å². The van der Waals surface area contributed by atoms with Gasteiger partial charge in [0.15, 0.2) is 0 Å².